The minimum atomic E-state index is -0.0441. The van der Waals surface area contributed by atoms with E-state index in [0.29, 0.717) is 0 Å². The van der Waals surface area contributed by atoms with Gasteiger partial charge in [0.25, 0.3) is 0 Å². The predicted octanol–water partition coefficient (Wildman–Crippen LogP) is 5.37. The maximum absolute atomic E-state index is 6.43. The second-order valence-corrected chi connectivity index (χ2v) is 8.04. The van der Waals surface area contributed by atoms with E-state index in [4.69, 9.17) is 18.9 Å². The number of hydrogen-bond donors (Lipinski definition) is 0. The molecule has 140 valence electrons. The summed E-state index contributed by atoms with van der Waals surface area (Å²) < 4.78 is 25.7. The molecule has 0 aliphatic carbocycles. The van der Waals surface area contributed by atoms with E-state index in [9.17, 15) is 0 Å². The summed E-state index contributed by atoms with van der Waals surface area (Å²) in [6.45, 7) is 4.11. The summed E-state index contributed by atoms with van der Waals surface area (Å²) in [6, 6.07) is 8.09. The lowest BCUT2D eigenvalue weighted by Gasteiger charge is -2.32. The maximum atomic E-state index is 6.43. The molecule has 0 spiro atoms. The minimum Gasteiger partial charge on any atom is -0.497 e. The summed E-state index contributed by atoms with van der Waals surface area (Å²) in [4.78, 5) is 0. The summed E-state index contributed by atoms with van der Waals surface area (Å²) in [5.74, 6) is 3.23. The normalized spacial score (nSPS) is 18.5. The van der Waals surface area contributed by atoms with Crippen LogP contribution in [0, 0.1) is 13.8 Å². The smallest absolute Gasteiger partial charge is 0.145 e. The zero-order valence-electron chi connectivity index (χ0n) is 15.3. The molecular weight excluding hydrogens is 558 g/mol. The van der Waals surface area contributed by atoms with Crippen LogP contribution in [-0.4, -0.2) is 35.3 Å². The number of aryl methyl sites for hydroxylation is 2. The molecule has 0 aromatic heterocycles. The molecule has 0 bridgehead atoms. The van der Waals surface area contributed by atoms with E-state index in [2.05, 4.69) is 65.1 Å². The Labute approximate surface area is 181 Å². The first kappa shape index (κ1) is 19.9. The Kier molecular flexibility index (Phi) is 6.42. The second-order valence-electron chi connectivity index (χ2n) is 6.28. The Balaban J connectivity index is 2.33. The highest BCUT2D eigenvalue weighted by Gasteiger charge is 2.31. The molecule has 0 saturated heterocycles. The molecule has 2 aromatic rings. The van der Waals surface area contributed by atoms with Crippen LogP contribution in [0.2, 0.25) is 0 Å². The van der Waals surface area contributed by atoms with Gasteiger partial charge in [0.2, 0.25) is 0 Å². The zero-order chi connectivity index (χ0) is 18.8. The van der Waals surface area contributed by atoms with E-state index < -0.39 is 0 Å². The third-order valence-corrected chi connectivity index (χ3v) is 6.20. The molecule has 1 aliphatic rings. The van der Waals surface area contributed by atoms with Crippen molar-refractivity contribution in [3.63, 3.8) is 0 Å². The number of rotatable bonds is 4. The van der Waals surface area contributed by atoms with Crippen molar-refractivity contribution in [1.29, 1.82) is 0 Å². The molecule has 6 heteroatoms. The lowest BCUT2D eigenvalue weighted by atomic mass is 9.95. The standard InChI is InChI=1S/C20H22I2O4/c1-11-5-14(24-4)20-15(6-11)25-17(9-21)18(10-22)26-16-8-13(23-3)7-12(2)19(16)20/h5-8,17-18H,9-10H2,1-4H3/t17-,18-/m1/s1. The van der Waals surface area contributed by atoms with Gasteiger partial charge < -0.3 is 18.9 Å². The SMILES string of the molecule is COc1cc(C)c2c(c1)O[C@H](CI)[C@@H](CI)Oc1cc(C)cc(OC)c1-2. The molecule has 0 fully saturated rings. The van der Waals surface area contributed by atoms with Gasteiger partial charge in [0.1, 0.15) is 35.2 Å². The molecule has 0 saturated carbocycles. The van der Waals surface area contributed by atoms with Gasteiger partial charge in [0.05, 0.1) is 19.8 Å². The molecule has 26 heavy (non-hydrogen) atoms. The van der Waals surface area contributed by atoms with E-state index in [1.165, 1.54) is 0 Å². The Morgan fingerprint density at radius 3 is 2.00 bits per heavy atom. The monoisotopic (exact) mass is 580 g/mol. The lowest BCUT2D eigenvalue weighted by Crippen LogP contribution is -2.40. The van der Waals surface area contributed by atoms with Crippen LogP contribution >= 0.6 is 45.2 Å². The first-order valence-electron chi connectivity index (χ1n) is 8.35. The van der Waals surface area contributed by atoms with Crippen molar-refractivity contribution in [2.45, 2.75) is 26.1 Å². The topological polar surface area (TPSA) is 36.9 Å². The number of benzene rings is 2. The molecule has 0 N–H and O–H groups in total. The Morgan fingerprint density at radius 1 is 0.846 bits per heavy atom. The van der Waals surface area contributed by atoms with Crippen LogP contribution in [0.3, 0.4) is 0 Å². The summed E-state index contributed by atoms with van der Waals surface area (Å²) in [6.07, 6.45) is -0.0881. The van der Waals surface area contributed by atoms with E-state index in [1.54, 1.807) is 14.2 Å². The van der Waals surface area contributed by atoms with Gasteiger partial charge >= 0.3 is 0 Å². The Hall–Kier alpha value is -0.900. The predicted molar refractivity (Wildman–Crippen MR) is 121 cm³/mol. The van der Waals surface area contributed by atoms with Crippen molar-refractivity contribution in [2.24, 2.45) is 0 Å². The van der Waals surface area contributed by atoms with Gasteiger partial charge in [-0.25, -0.2) is 0 Å². The third-order valence-electron chi connectivity index (χ3n) is 4.46. The highest BCUT2D eigenvalue weighted by atomic mass is 127. The first-order valence-corrected chi connectivity index (χ1v) is 11.4. The second kappa shape index (κ2) is 8.41. The fraction of sp³-hybridized carbons (Fsp3) is 0.400. The molecule has 0 radical (unpaired) electrons. The number of hydrogen-bond acceptors (Lipinski definition) is 4. The Morgan fingerprint density at radius 2 is 1.46 bits per heavy atom. The van der Waals surface area contributed by atoms with Crippen molar-refractivity contribution in [3.05, 3.63) is 35.4 Å². The molecule has 1 aliphatic heterocycles. The molecule has 2 aromatic carbocycles. The van der Waals surface area contributed by atoms with Crippen molar-refractivity contribution >= 4 is 45.2 Å². The number of fused-ring (bicyclic) bond motifs is 3. The average Bonchev–Trinajstić information content (AvgIpc) is 2.62. The number of halogens is 2. The van der Waals surface area contributed by atoms with Gasteiger partial charge in [-0.1, -0.05) is 45.2 Å². The molecule has 2 atom stereocenters. The lowest BCUT2D eigenvalue weighted by molar-refractivity contribution is 0.0853. The van der Waals surface area contributed by atoms with Gasteiger partial charge in [-0.15, -0.1) is 0 Å². The Bertz CT molecular complexity index is 803. The van der Waals surface area contributed by atoms with E-state index >= 15 is 0 Å². The largest absolute Gasteiger partial charge is 0.497 e. The summed E-state index contributed by atoms with van der Waals surface area (Å²) in [7, 11) is 3.37. The van der Waals surface area contributed by atoms with E-state index in [0.717, 1.165) is 54.1 Å². The van der Waals surface area contributed by atoms with Crippen molar-refractivity contribution in [3.8, 4) is 34.1 Å². The molecule has 3 rings (SSSR count). The zero-order valence-corrected chi connectivity index (χ0v) is 19.6. The summed E-state index contributed by atoms with van der Waals surface area (Å²) in [5, 5.41) is 0. The van der Waals surface area contributed by atoms with Gasteiger partial charge in [0, 0.05) is 20.5 Å². The van der Waals surface area contributed by atoms with Crippen molar-refractivity contribution in [2.75, 3.05) is 23.1 Å². The number of ether oxygens (including phenoxy) is 4. The van der Waals surface area contributed by atoms with E-state index in [1.807, 2.05) is 18.2 Å². The molecule has 4 nitrogen and oxygen atoms in total. The summed E-state index contributed by atoms with van der Waals surface area (Å²) >= 11 is 4.71. The van der Waals surface area contributed by atoms with Crippen molar-refractivity contribution < 1.29 is 18.9 Å². The van der Waals surface area contributed by atoms with Crippen LogP contribution in [0.25, 0.3) is 11.1 Å². The van der Waals surface area contributed by atoms with Crippen LogP contribution in [-0.2, 0) is 0 Å². The highest BCUT2D eigenvalue weighted by Crippen LogP contribution is 2.48. The minimum absolute atomic E-state index is 0.0441. The molecule has 0 amide bonds. The van der Waals surface area contributed by atoms with Crippen LogP contribution in [0.1, 0.15) is 11.1 Å². The van der Waals surface area contributed by atoms with Crippen LogP contribution < -0.4 is 18.9 Å². The fourth-order valence-electron chi connectivity index (χ4n) is 3.22. The molecule has 0 unspecified atom stereocenters. The maximum Gasteiger partial charge on any atom is 0.145 e. The molecular formula is C20H22I2O4. The van der Waals surface area contributed by atoms with Gasteiger partial charge in [-0.05, 0) is 43.2 Å². The fourth-order valence-corrected chi connectivity index (χ4v) is 4.71. The van der Waals surface area contributed by atoms with Crippen molar-refractivity contribution in [1.82, 2.24) is 0 Å². The van der Waals surface area contributed by atoms with Crippen LogP contribution in [0.15, 0.2) is 24.3 Å². The van der Waals surface area contributed by atoms with Crippen LogP contribution in [0.4, 0.5) is 0 Å². The first-order chi connectivity index (χ1) is 12.5. The number of alkyl halides is 2. The van der Waals surface area contributed by atoms with E-state index in [-0.39, 0.29) is 12.2 Å². The third kappa shape index (κ3) is 3.72. The van der Waals surface area contributed by atoms with Gasteiger partial charge in [-0.3, -0.25) is 0 Å². The quantitative estimate of drug-likeness (QED) is 0.361. The number of methoxy groups -OCH3 is 2. The van der Waals surface area contributed by atoms with Gasteiger partial charge in [0.15, 0.2) is 0 Å². The van der Waals surface area contributed by atoms with Gasteiger partial charge in [-0.2, -0.15) is 0 Å². The average molecular weight is 580 g/mol. The van der Waals surface area contributed by atoms with Crippen LogP contribution in [0.5, 0.6) is 23.0 Å². The molecule has 1 heterocycles. The summed E-state index contributed by atoms with van der Waals surface area (Å²) in [5.41, 5.74) is 4.11. The highest BCUT2D eigenvalue weighted by molar-refractivity contribution is 14.1.